The number of amides is 2. The van der Waals surface area contributed by atoms with E-state index in [9.17, 15) is 4.79 Å². The SMILES string of the molecule is COc1ccccc1NC(=O)NCCNC1CC1. The Morgan fingerprint density at radius 1 is 1.33 bits per heavy atom. The molecule has 1 saturated carbocycles. The highest BCUT2D eigenvalue weighted by atomic mass is 16.5. The summed E-state index contributed by atoms with van der Waals surface area (Å²) in [7, 11) is 1.58. The number of nitrogens with one attached hydrogen (secondary N) is 3. The molecule has 0 heterocycles. The number of hydrogen-bond acceptors (Lipinski definition) is 3. The van der Waals surface area contributed by atoms with Crippen molar-refractivity contribution in [3.05, 3.63) is 24.3 Å². The van der Waals surface area contributed by atoms with Gasteiger partial charge >= 0.3 is 6.03 Å². The molecule has 0 spiro atoms. The first kappa shape index (κ1) is 12.7. The molecule has 1 aliphatic carbocycles. The Morgan fingerprint density at radius 3 is 2.83 bits per heavy atom. The van der Waals surface area contributed by atoms with E-state index in [1.807, 2.05) is 18.2 Å². The van der Waals surface area contributed by atoms with E-state index in [1.54, 1.807) is 13.2 Å². The van der Waals surface area contributed by atoms with Gasteiger partial charge in [-0.25, -0.2) is 4.79 Å². The maximum absolute atomic E-state index is 11.6. The number of methoxy groups -OCH3 is 1. The summed E-state index contributed by atoms with van der Waals surface area (Å²) in [6, 6.07) is 7.79. The fourth-order valence-corrected chi connectivity index (χ4v) is 1.65. The molecule has 2 rings (SSSR count). The zero-order valence-electron chi connectivity index (χ0n) is 10.5. The van der Waals surface area contributed by atoms with Gasteiger partial charge in [-0.05, 0) is 25.0 Å². The van der Waals surface area contributed by atoms with E-state index in [0.29, 0.717) is 24.0 Å². The number of carbonyl (C=O) groups excluding carboxylic acids is 1. The smallest absolute Gasteiger partial charge is 0.319 e. The number of carbonyl (C=O) groups is 1. The molecule has 0 bridgehead atoms. The first-order chi connectivity index (χ1) is 8.79. The third kappa shape index (κ3) is 3.92. The Labute approximate surface area is 107 Å². The summed E-state index contributed by atoms with van der Waals surface area (Å²) in [5.74, 6) is 0.656. The lowest BCUT2D eigenvalue weighted by molar-refractivity contribution is 0.252. The Kier molecular flexibility index (Phi) is 4.41. The van der Waals surface area contributed by atoms with Crippen molar-refractivity contribution in [2.45, 2.75) is 18.9 Å². The summed E-state index contributed by atoms with van der Waals surface area (Å²) in [5.41, 5.74) is 0.674. The molecule has 1 aromatic carbocycles. The summed E-state index contributed by atoms with van der Waals surface area (Å²) in [4.78, 5) is 11.6. The molecule has 3 N–H and O–H groups in total. The second kappa shape index (κ2) is 6.26. The predicted molar refractivity (Wildman–Crippen MR) is 71.0 cm³/mol. The van der Waals surface area contributed by atoms with E-state index >= 15 is 0 Å². The van der Waals surface area contributed by atoms with Gasteiger partial charge in [0.25, 0.3) is 0 Å². The number of rotatable bonds is 6. The van der Waals surface area contributed by atoms with Crippen LogP contribution >= 0.6 is 0 Å². The van der Waals surface area contributed by atoms with E-state index in [0.717, 1.165) is 6.54 Å². The zero-order valence-corrected chi connectivity index (χ0v) is 10.5. The second-order valence-electron chi connectivity index (χ2n) is 4.31. The van der Waals surface area contributed by atoms with Gasteiger partial charge in [0.05, 0.1) is 12.8 Å². The molecular weight excluding hydrogens is 230 g/mol. The highest BCUT2D eigenvalue weighted by Gasteiger charge is 2.19. The molecule has 0 aromatic heterocycles. The van der Waals surface area contributed by atoms with E-state index in [1.165, 1.54) is 12.8 Å². The van der Waals surface area contributed by atoms with Crippen LogP contribution in [0.3, 0.4) is 0 Å². The Morgan fingerprint density at radius 2 is 2.11 bits per heavy atom. The number of urea groups is 1. The Bertz CT molecular complexity index is 405. The quantitative estimate of drug-likeness (QED) is 0.671. The number of benzene rings is 1. The van der Waals surface area contributed by atoms with E-state index in [4.69, 9.17) is 4.74 Å². The van der Waals surface area contributed by atoms with Gasteiger partial charge in [-0.2, -0.15) is 0 Å². The standard InChI is InChI=1S/C13H19N3O2/c1-18-12-5-3-2-4-11(12)16-13(17)15-9-8-14-10-6-7-10/h2-5,10,14H,6-9H2,1H3,(H2,15,16,17). The van der Waals surface area contributed by atoms with Crippen LogP contribution in [0.5, 0.6) is 5.75 Å². The van der Waals surface area contributed by atoms with Crippen molar-refractivity contribution in [1.82, 2.24) is 10.6 Å². The average molecular weight is 249 g/mol. The number of ether oxygens (including phenoxy) is 1. The lowest BCUT2D eigenvalue weighted by Gasteiger charge is -2.11. The molecule has 1 aliphatic rings. The van der Waals surface area contributed by atoms with Crippen molar-refractivity contribution in [1.29, 1.82) is 0 Å². The van der Waals surface area contributed by atoms with Gasteiger partial charge < -0.3 is 20.7 Å². The van der Waals surface area contributed by atoms with Crippen LogP contribution in [0.2, 0.25) is 0 Å². The summed E-state index contributed by atoms with van der Waals surface area (Å²) in [5, 5.41) is 8.89. The third-order valence-electron chi connectivity index (χ3n) is 2.78. The van der Waals surface area contributed by atoms with Crippen LogP contribution in [0.4, 0.5) is 10.5 Å². The predicted octanol–water partition coefficient (Wildman–Crippen LogP) is 1.57. The Balaban J connectivity index is 1.71. The highest BCUT2D eigenvalue weighted by molar-refractivity contribution is 5.90. The molecule has 5 nitrogen and oxygen atoms in total. The summed E-state index contributed by atoms with van der Waals surface area (Å²) in [6.07, 6.45) is 2.51. The second-order valence-corrected chi connectivity index (χ2v) is 4.31. The number of para-hydroxylation sites is 2. The summed E-state index contributed by atoms with van der Waals surface area (Å²) >= 11 is 0. The van der Waals surface area contributed by atoms with E-state index < -0.39 is 0 Å². The molecule has 2 amide bonds. The van der Waals surface area contributed by atoms with Gasteiger partial charge in [-0.15, -0.1) is 0 Å². The molecule has 1 aromatic rings. The molecule has 0 radical (unpaired) electrons. The molecule has 0 saturated heterocycles. The molecule has 0 atom stereocenters. The van der Waals surface area contributed by atoms with Crippen LogP contribution in [0.1, 0.15) is 12.8 Å². The minimum absolute atomic E-state index is 0.211. The van der Waals surface area contributed by atoms with Crippen molar-refractivity contribution in [3.8, 4) is 5.75 Å². The third-order valence-corrected chi connectivity index (χ3v) is 2.78. The van der Waals surface area contributed by atoms with E-state index in [-0.39, 0.29) is 6.03 Å². The summed E-state index contributed by atoms with van der Waals surface area (Å²) < 4.78 is 5.16. The normalized spacial score (nSPS) is 14.1. The molecule has 1 fully saturated rings. The average Bonchev–Trinajstić information content (AvgIpc) is 3.19. The van der Waals surface area contributed by atoms with Crippen LogP contribution in [-0.4, -0.2) is 32.3 Å². The first-order valence-corrected chi connectivity index (χ1v) is 6.21. The van der Waals surface area contributed by atoms with Crippen LogP contribution in [0, 0.1) is 0 Å². The number of anilines is 1. The van der Waals surface area contributed by atoms with Crippen molar-refractivity contribution < 1.29 is 9.53 Å². The minimum Gasteiger partial charge on any atom is -0.495 e. The highest BCUT2D eigenvalue weighted by Crippen LogP contribution is 2.22. The van der Waals surface area contributed by atoms with Gasteiger partial charge in [-0.3, -0.25) is 0 Å². The monoisotopic (exact) mass is 249 g/mol. The van der Waals surface area contributed by atoms with Crippen molar-refractivity contribution >= 4 is 11.7 Å². The molecule has 0 aliphatic heterocycles. The molecule has 0 unspecified atom stereocenters. The molecule has 5 heteroatoms. The number of hydrogen-bond donors (Lipinski definition) is 3. The van der Waals surface area contributed by atoms with Gasteiger partial charge in [0, 0.05) is 19.1 Å². The molecule has 18 heavy (non-hydrogen) atoms. The fraction of sp³-hybridized carbons (Fsp3) is 0.462. The van der Waals surface area contributed by atoms with Crippen molar-refractivity contribution in [2.75, 3.05) is 25.5 Å². The largest absolute Gasteiger partial charge is 0.495 e. The summed E-state index contributed by atoms with van der Waals surface area (Å²) in [6.45, 7) is 1.43. The minimum atomic E-state index is -0.211. The van der Waals surface area contributed by atoms with Crippen LogP contribution in [-0.2, 0) is 0 Å². The van der Waals surface area contributed by atoms with Gasteiger partial charge in [0.2, 0.25) is 0 Å². The maximum Gasteiger partial charge on any atom is 0.319 e. The molecular formula is C13H19N3O2. The molecule has 98 valence electrons. The van der Waals surface area contributed by atoms with Crippen LogP contribution < -0.4 is 20.7 Å². The fourth-order valence-electron chi connectivity index (χ4n) is 1.65. The lowest BCUT2D eigenvalue weighted by Crippen LogP contribution is -2.35. The van der Waals surface area contributed by atoms with Crippen LogP contribution in [0.15, 0.2) is 24.3 Å². The van der Waals surface area contributed by atoms with Crippen molar-refractivity contribution in [2.24, 2.45) is 0 Å². The maximum atomic E-state index is 11.6. The first-order valence-electron chi connectivity index (χ1n) is 6.21. The van der Waals surface area contributed by atoms with Gasteiger partial charge in [0.15, 0.2) is 0 Å². The van der Waals surface area contributed by atoms with E-state index in [2.05, 4.69) is 16.0 Å². The Hall–Kier alpha value is -1.75. The van der Waals surface area contributed by atoms with Crippen molar-refractivity contribution in [3.63, 3.8) is 0 Å². The lowest BCUT2D eigenvalue weighted by atomic mass is 10.3. The zero-order chi connectivity index (χ0) is 12.8. The van der Waals surface area contributed by atoms with Gasteiger partial charge in [-0.1, -0.05) is 12.1 Å². The van der Waals surface area contributed by atoms with Gasteiger partial charge in [0.1, 0.15) is 5.75 Å². The van der Waals surface area contributed by atoms with Crippen LogP contribution in [0.25, 0.3) is 0 Å². The topological polar surface area (TPSA) is 62.4 Å².